The Labute approximate surface area is 135 Å². The Morgan fingerprint density at radius 1 is 1.13 bits per heavy atom. The van der Waals surface area contributed by atoms with E-state index in [1.807, 2.05) is 30.0 Å². The van der Waals surface area contributed by atoms with Crippen LogP contribution in [0.4, 0.5) is 0 Å². The molecule has 1 aromatic heterocycles. The zero-order valence-corrected chi connectivity index (χ0v) is 13.6. The van der Waals surface area contributed by atoms with Crippen molar-refractivity contribution < 1.29 is 4.79 Å². The molecule has 1 aliphatic heterocycles. The van der Waals surface area contributed by atoms with Crippen LogP contribution in [0, 0.1) is 6.92 Å². The number of likely N-dealkylation sites (tertiary alicyclic amines) is 1. The summed E-state index contributed by atoms with van der Waals surface area (Å²) in [4.78, 5) is 31.4. The van der Waals surface area contributed by atoms with Gasteiger partial charge in [-0.1, -0.05) is 25.0 Å². The second-order valence-electron chi connectivity index (χ2n) is 6.18. The molecule has 0 saturated carbocycles. The number of aromatic nitrogens is 2. The average molecular weight is 313 g/mol. The number of benzene rings is 1. The molecule has 0 unspecified atom stereocenters. The van der Waals surface area contributed by atoms with Gasteiger partial charge in [-0.15, -0.1) is 0 Å². The number of aryl methyl sites for hydroxylation is 1. The molecule has 23 heavy (non-hydrogen) atoms. The Hall–Kier alpha value is -2.17. The fraction of sp³-hybridized carbons (Fsp3) is 0.500. The number of fused-ring (bicyclic) bond motifs is 1. The van der Waals surface area contributed by atoms with Crippen molar-refractivity contribution in [2.45, 2.75) is 45.6 Å². The van der Waals surface area contributed by atoms with E-state index in [4.69, 9.17) is 0 Å². The van der Waals surface area contributed by atoms with Crippen LogP contribution < -0.4 is 5.56 Å². The fourth-order valence-corrected chi connectivity index (χ4v) is 3.23. The minimum atomic E-state index is -0.0585. The molecule has 5 nitrogen and oxygen atoms in total. The molecule has 0 N–H and O–H groups in total. The molecule has 2 heterocycles. The number of para-hydroxylation sites is 1. The van der Waals surface area contributed by atoms with Crippen LogP contribution in [0.2, 0.25) is 0 Å². The molecule has 0 radical (unpaired) electrons. The Morgan fingerprint density at radius 2 is 1.83 bits per heavy atom. The van der Waals surface area contributed by atoms with Crippen molar-refractivity contribution in [1.29, 1.82) is 0 Å². The van der Waals surface area contributed by atoms with Gasteiger partial charge in [0.1, 0.15) is 5.82 Å². The maximum atomic E-state index is 12.6. The second-order valence-corrected chi connectivity index (χ2v) is 6.18. The van der Waals surface area contributed by atoms with Gasteiger partial charge in [-0.05, 0) is 31.9 Å². The predicted molar refractivity (Wildman–Crippen MR) is 90.4 cm³/mol. The molecule has 122 valence electrons. The zero-order valence-electron chi connectivity index (χ0n) is 13.6. The van der Waals surface area contributed by atoms with Gasteiger partial charge in [0.05, 0.1) is 10.9 Å². The molecule has 1 fully saturated rings. The fourth-order valence-electron chi connectivity index (χ4n) is 3.23. The lowest BCUT2D eigenvalue weighted by atomic mass is 10.2. The van der Waals surface area contributed by atoms with Gasteiger partial charge in [0.25, 0.3) is 5.56 Å². The topological polar surface area (TPSA) is 55.2 Å². The second kappa shape index (κ2) is 6.94. The lowest BCUT2D eigenvalue weighted by Crippen LogP contribution is -2.34. The van der Waals surface area contributed by atoms with Crippen LogP contribution in [-0.4, -0.2) is 33.4 Å². The van der Waals surface area contributed by atoms with E-state index < -0.39 is 0 Å². The minimum Gasteiger partial charge on any atom is -0.343 e. The molecule has 1 saturated heterocycles. The standard InChI is InChI=1S/C18H23N3O2/c1-14-19-16-9-5-4-8-15(16)18(23)21(14)13-10-17(22)20-11-6-2-3-7-12-20/h4-5,8-9H,2-3,6-7,10-13H2,1H3. The summed E-state index contributed by atoms with van der Waals surface area (Å²) >= 11 is 0. The molecule has 1 aliphatic rings. The van der Waals surface area contributed by atoms with Crippen molar-refractivity contribution in [3.63, 3.8) is 0 Å². The first-order chi connectivity index (χ1) is 11.2. The highest BCUT2D eigenvalue weighted by molar-refractivity contribution is 5.78. The highest BCUT2D eigenvalue weighted by atomic mass is 16.2. The Kier molecular flexibility index (Phi) is 4.74. The molecule has 5 heteroatoms. The molecule has 0 atom stereocenters. The summed E-state index contributed by atoms with van der Waals surface area (Å²) in [6, 6.07) is 7.35. The van der Waals surface area contributed by atoms with Gasteiger partial charge in [-0.2, -0.15) is 0 Å². The van der Waals surface area contributed by atoms with Gasteiger partial charge in [-0.25, -0.2) is 4.98 Å². The van der Waals surface area contributed by atoms with Crippen molar-refractivity contribution in [3.8, 4) is 0 Å². The van der Waals surface area contributed by atoms with Crippen LogP contribution in [0.25, 0.3) is 10.9 Å². The molecule has 2 aromatic rings. The molecule has 3 rings (SSSR count). The van der Waals surface area contributed by atoms with Crippen LogP contribution in [0.1, 0.15) is 37.9 Å². The van der Waals surface area contributed by atoms with E-state index in [9.17, 15) is 9.59 Å². The van der Waals surface area contributed by atoms with Gasteiger partial charge in [0.2, 0.25) is 5.91 Å². The van der Waals surface area contributed by atoms with Crippen LogP contribution >= 0.6 is 0 Å². The molecule has 1 amide bonds. The quantitative estimate of drug-likeness (QED) is 0.875. The number of hydrogen-bond donors (Lipinski definition) is 0. The predicted octanol–water partition coefficient (Wildman–Crippen LogP) is 2.50. The Bertz CT molecular complexity index is 758. The van der Waals surface area contributed by atoms with Gasteiger partial charge >= 0.3 is 0 Å². The van der Waals surface area contributed by atoms with Crippen molar-refractivity contribution in [2.75, 3.05) is 13.1 Å². The molecular formula is C18H23N3O2. The zero-order chi connectivity index (χ0) is 16.2. The van der Waals surface area contributed by atoms with Crippen molar-refractivity contribution in [2.24, 2.45) is 0 Å². The number of carbonyl (C=O) groups is 1. The lowest BCUT2D eigenvalue weighted by molar-refractivity contribution is -0.131. The van der Waals surface area contributed by atoms with Crippen molar-refractivity contribution in [3.05, 3.63) is 40.4 Å². The van der Waals surface area contributed by atoms with E-state index in [0.29, 0.717) is 29.7 Å². The van der Waals surface area contributed by atoms with Crippen molar-refractivity contribution in [1.82, 2.24) is 14.5 Å². The summed E-state index contributed by atoms with van der Waals surface area (Å²) in [7, 11) is 0. The largest absolute Gasteiger partial charge is 0.343 e. The average Bonchev–Trinajstić information content (AvgIpc) is 2.84. The number of hydrogen-bond acceptors (Lipinski definition) is 3. The van der Waals surface area contributed by atoms with Crippen molar-refractivity contribution >= 4 is 16.8 Å². The third kappa shape index (κ3) is 3.44. The maximum Gasteiger partial charge on any atom is 0.261 e. The van der Waals surface area contributed by atoms with E-state index in [0.717, 1.165) is 25.9 Å². The van der Waals surface area contributed by atoms with E-state index in [2.05, 4.69) is 4.98 Å². The summed E-state index contributed by atoms with van der Waals surface area (Å²) in [6.45, 7) is 3.92. The summed E-state index contributed by atoms with van der Waals surface area (Å²) in [5, 5.41) is 0.611. The first-order valence-corrected chi connectivity index (χ1v) is 8.41. The minimum absolute atomic E-state index is 0.0585. The van der Waals surface area contributed by atoms with E-state index >= 15 is 0 Å². The van der Waals surface area contributed by atoms with Crippen LogP contribution in [0.15, 0.2) is 29.1 Å². The maximum absolute atomic E-state index is 12.6. The lowest BCUT2D eigenvalue weighted by Gasteiger charge is -2.20. The van der Waals surface area contributed by atoms with E-state index in [1.54, 1.807) is 10.6 Å². The highest BCUT2D eigenvalue weighted by Gasteiger charge is 2.16. The molecular weight excluding hydrogens is 290 g/mol. The molecule has 0 bridgehead atoms. The number of nitrogens with zero attached hydrogens (tertiary/aromatic N) is 3. The van der Waals surface area contributed by atoms with Gasteiger partial charge < -0.3 is 4.90 Å². The third-order valence-corrected chi connectivity index (χ3v) is 4.56. The van der Waals surface area contributed by atoms with E-state index in [1.165, 1.54) is 12.8 Å². The number of amides is 1. The van der Waals surface area contributed by atoms with Gasteiger partial charge in [-0.3, -0.25) is 14.2 Å². The Balaban J connectivity index is 1.76. The first kappa shape index (κ1) is 15.7. The Morgan fingerprint density at radius 3 is 2.57 bits per heavy atom. The SMILES string of the molecule is Cc1nc2ccccc2c(=O)n1CCC(=O)N1CCCCCC1. The van der Waals surface area contributed by atoms with Crippen LogP contribution in [0.5, 0.6) is 0 Å². The molecule has 0 spiro atoms. The summed E-state index contributed by atoms with van der Waals surface area (Å²) < 4.78 is 1.62. The molecule has 0 aliphatic carbocycles. The number of carbonyl (C=O) groups excluding carboxylic acids is 1. The molecule has 1 aromatic carbocycles. The normalized spacial score (nSPS) is 15.6. The first-order valence-electron chi connectivity index (χ1n) is 8.41. The van der Waals surface area contributed by atoms with E-state index in [-0.39, 0.29) is 11.5 Å². The van der Waals surface area contributed by atoms with Crippen LogP contribution in [0.3, 0.4) is 0 Å². The van der Waals surface area contributed by atoms with Gasteiger partial charge in [0.15, 0.2) is 0 Å². The summed E-state index contributed by atoms with van der Waals surface area (Å²) in [6.07, 6.45) is 4.94. The smallest absolute Gasteiger partial charge is 0.261 e. The van der Waals surface area contributed by atoms with Gasteiger partial charge in [0, 0.05) is 26.1 Å². The summed E-state index contributed by atoms with van der Waals surface area (Å²) in [5.74, 6) is 0.809. The highest BCUT2D eigenvalue weighted by Crippen LogP contribution is 2.12. The third-order valence-electron chi connectivity index (χ3n) is 4.56. The summed E-state index contributed by atoms with van der Waals surface area (Å²) in [5.41, 5.74) is 0.655. The monoisotopic (exact) mass is 313 g/mol. The number of rotatable bonds is 3. The van der Waals surface area contributed by atoms with Crippen LogP contribution in [-0.2, 0) is 11.3 Å².